The highest BCUT2D eigenvalue weighted by Gasteiger charge is 2.08. The van der Waals surface area contributed by atoms with Crippen LogP contribution in [0.1, 0.15) is 44.0 Å². The molecule has 0 aliphatic heterocycles. The first-order valence-corrected chi connectivity index (χ1v) is 6.21. The summed E-state index contributed by atoms with van der Waals surface area (Å²) < 4.78 is 5.50. The van der Waals surface area contributed by atoms with Crippen molar-refractivity contribution in [1.29, 1.82) is 0 Å². The van der Waals surface area contributed by atoms with E-state index in [2.05, 4.69) is 12.2 Å². The number of rotatable bonds is 6. The standard InChI is InChI=1S/C14H21NO2/c1-4-9-17-13-8-6-7-12(10-13)14(16)15-11(3)5-2/h6-8,10-11H,4-5,9H2,1-3H3,(H,15,16)/t11-/m1/s1. The van der Waals surface area contributed by atoms with Crippen LogP contribution in [0.15, 0.2) is 24.3 Å². The van der Waals surface area contributed by atoms with Gasteiger partial charge in [0.25, 0.3) is 5.91 Å². The maximum absolute atomic E-state index is 11.9. The van der Waals surface area contributed by atoms with Crippen molar-refractivity contribution in [3.05, 3.63) is 29.8 Å². The lowest BCUT2D eigenvalue weighted by molar-refractivity contribution is 0.0939. The van der Waals surface area contributed by atoms with Gasteiger partial charge in [-0.05, 0) is 38.0 Å². The van der Waals surface area contributed by atoms with Crippen LogP contribution in [0, 0.1) is 0 Å². The third-order valence-electron chi connectivity index (χ3n) is 2.56. The zero-order valence-corrected chi connectivity index (χ0v) is 10.8. The first-order valence-electron chi connectivity index (χ1n) is 6.21. The Kier molecular flexibility index (Phi) is 5.53. The average Bonchev–Trinajstić information content (AvgIpc) is 2.36. The molecule has 1 aromatic rings. The van der Waals surface area contributed by atoms with Crippen LogP contribution in [0.3, 0.4) is 0 Å². The van der Waals surface area contributed by atoms with Gasteiger partial charge in [0.15, 0.2) is 0 Å². The molecular weight excluding hydrogens is 214 g/mol. The van der Waals surface area contributed by atoms with Crippen molar-refractivity contribution in [3.63, 3.8) is 0 Å². The van der Waals surface area contributed by atoms with Crippen LogP contribution in [0.4, 0.5) is 0 Å². The number of ether oxygens (including phenoxy) is 1. The summed E-state index contributed by atoms with van der Waals surface area (Å²) in [5.41, 5.74) is 0.652. The molecule has 0 aliphatic carbocycles. The molecule has 0 fully saturated rings. The minimum atomic E-state index is -0.0405. The van der Waals surface area contributed by atoms with Crippen LogP contribution in [0.2, 0.25) is 0 Å². The summed E-state index contributed by atoms with van der Waals surface area (Å²) in [5.74, 6) is 0.713. The summed E-state index contributed by atoms with van der Waals surface area (Å²) in [6, 6.07) is 7.50. The van der Waals surface area contributed by atoms with E-state index in [4.69, 9.17) is 4.74 Å². The van der Waals surface area contributed by atoms with Gasteiger partial charge in [-0.2, -0.15) is 0 Å². The highest BCUT2D eigenvalue weighted by molar-refractivity contribution is 5.94. The first kappa shape index (κ1) is 13.6. The molecule has 3 heteroatoms. The fourth-order valence-corrected chi connectivity index (χ4v) is 1.36. The van der Waals surface area contributed by atoms with E-state index in [-0.39, 0.29) is 11.9 Å². The zero-order chi connectivity index (χ0) is 12.7. The van der Waals surface area contributed by atoms with Gasteiger partial charge in [-0.3, -0.25) is 4.79 Å². The van der Waals surface area contributed by atoms with Gasteiger partial charge in [0.1, 0.15) is 5.75 Å². The molecule has 1 amide bonds. The fourth-order valence-electron chi connectivity index (χ4n) is 1.36. The fraction of sp³-hybridized carbons (Fsp3) is 0.500. The lowest BCUT2D eigenvalue weighted by Crippen LogP contribution is -2.31. The molecule has 0 aliphatic rings. The van der Waals surface area contributed by atoms with Crippen molar-refractivity contribution in [2.24, 2.45) is 0 Å². The van der Waals surface area contributed by atoms with Crippen molar-refractivity contribution in [3.8, 4) is 5.75 Å². The minimum absolute atomic E-state index is 0.0405. The summed E-state index contributed by atoms with van der Waals surface area (Å²) in [6.07, 6.45) is 1.89. The van der Waals surface area contributed by atoms with Gasteiger partial charge < -0.3 is 10.1 Å². The summed E-state index contributed by atoms with van der Waals surface area (Å²) in [7, 11) is 0. The Labute approximate surface area is 103 Å². The second-order valence-electron chi connectivity index (χ2n) is 4.16. The average molecular weight is 235 g/mol. The van der Waals surface area contributed by atoms with Crippen molar-refractivity contribution >= 4 is 5.91 Å². The third kappa shape index (κ3) is 4.47. The normalized spacial score (nSPS) is 11.9. The molecule has 0 spiro atoms. The largest absolute Gasteiger partial charge is 0.494 e. The second kappa shape index (κ2) is 6.94. The van der Waals surface area contributed by atoms with E-state index >= 15 is 0 Å². The Hall–Kier alpha value is -1.51. The van der Waals surface area contributed by atoms with Crippen molar-refractivity contribution in [1.82, 2.24) is 5.32 Å². The number of carbonyl (C=O) groups is 1. The van der Waals surface area contributed by atoms with Crippen LogP contribution in [0.5, 0.6) is 5.75 Å². The molecule has 0 radical (unpaired) electrons. The molecule has 0 unspecified atom stereocenters. The SMILES string of the molecule is CCCOc1cccc(C(=O)N[C@H](C)CC)c1. The number of carbonyl (C=O) groups excluding carboxylic acids is 1. The molecule has 1 rings (SSSR count). The lowest BCUT2D eigenvalue weighted by atomic mass is 10.2. The van der Waals surface area contributed by atoms with Gasteiger partial charge in [-0.1, -0.05) is 19.9 Å². The first-order chi connectivity index (χ1) is 8.17. The lowest BCUT2D eigenvalue weighted by Gasteiger charge is -2.12. The van der Waals surface area contributed by atoms with E-state index in [0.717, 1.165) is 18.6 Å². The van der Waals surface area contributed by atoms with Crippen molar-refractivity contribution in [2.75, 3.05) is 6.61 Å². The molecule has 1 aromatic carbocycles. The van der Waals surface area contributed by atoms with Gasteiger partial charge >= 0.3 is 0 Å². The molecule has 17 heavy (non-hydrogen) atoms. The summed E-state index contributed by atoms with van der Waals surface area (Å²) in [4.78, 5) is 11.9. The monoisotopic (exact) mass is 235 g/mol. The number of benzene rings is 1. The topological polar surface area (TPSA) is 38.3 Å². The molecular formula is C14H21NO2. The smallest absolute Gasteiger partial charge is 0.251 e. The van der Waals surface area contributed by atoms with E-state index in [1.807, 2.05) is 26.0 Å². The number of nitrogens with one attached hydrogen (secondary N) is 1. The van der Waals surface area contributed by atoms with Gasteiger partial charge in [0.05, 0.1) is 6.61 Å². The second-order valence-corrected chi connectivity index (χ2v) is 4.16. The molecule has 1 N–H and O–H groups in total. The molecule has 0 bridgehead atoms. The summed E-state index contributed by atoms with van der Waals surface area (Å²) >= 11 is 0. The molecule has 1 atom stereocenters. The van der Waals surface area contributed by atoms with Gasteiger partial charge in [-0.25, -0.2) is 0 Å². The molecule has 0 saturated heterocycles. The third-order valence-corrected chi connectivity index (χ3v) is 2.56. The Morgan fingerprint density at radius 1 is 1.41 bits per heavy atom. The maximum Gasteiger partial charge on any atom is 0.251 e. The minimum Gasteiger partial charge on any atom is -0.494 e. The van der Waals surface area contributed by atoms with Crippen molar-refractivity contribution < 1.29 is 9.53 Å². The van der Waals surface area contributed by atoms with Crippen LogP contribution in [-0.4, -0.2) is 18.6 Å². The van der Waals surface area contributed by atoms with Gasteiger partial charge in [0, 0.05) is 11.6 Å². The van der Waals surface area contributed by atoms with Crippen LogP contribution >= 0.6 is 0 Å². The van der Waals surface area contributed by atoms with Crippen LogP contribution < -0.4 is 10.1 Å². The summed E-state index contributed by atoms with van der Waals surface area (Å²) in [6.45, 7) is 6.77. The Balaban J connectivity index is 2.66. The quantitative estimate of drug-likeness (QED) is 0.823. The Morgan fingerprint density at radius 3 is 2.82 bits per heavy atom. The van der Waals surface area contributed by atoms with E-state index in [0.29, 0.717) is 12.2 Å². The molecule has 94 valence electrons. The van der Waals surface area contributed by atoms with Gasteiger partial charge in [-0.15, -0.1) is 0 Å². The number of hydrogen-bond acceptors (Lipinski definition) is 2. The van der Waals surface area contributed by atoms with E-state index in [1.54, 1.807) is 12.1 Å². The van der Waals surface area contributed by atoms with Crippen molar-refractivity contribution in [2.45, 2.75) is 39.7 Å². The Morgan fingerprint density at radius 2 is 2.18 bits per heavy atom. The molecule has 0 heterocycles. The predicted octanol–water partition coefficient (Wildman–Crippen LogP) is 3.00. The van der Waals surface area contributed by atoms with Crippen LogP contribution in [0.25, 0.3) is 0 Å². The number of amides is 1. The maximum atomic E-state index is 11.9. The molecule has 0 saturated carbocycles. The zero-order valence-electron chi connectivity index (χ0n) is 10.8. The molecule has 3 nitrogen and oxygen atoms in total. The highest BCUT2D eigenvalue weighted by Crippen LogP contribution is 2.13. The van der Waals surface area contributed by atoms with Gasteiger partial charge in [0.2, 0.25) is 0 Å². The Bertz CT molecular complexity index is 363. The van der Waals surface area contributed by atoms with E-state index < -0.39 is 0 Å². The molecule has 0 aromatic heterocycles. The van der Waals surface area contributed by atoms with Crippen LogP contribution in [-0.2, 0) is 0 Å². The summed E-state index contributed by atoms with van der Waals surface area (Å²) in [5, 5.41) is 2.93. The van der Waals surface area contributed by atoms with E-state index in [9.17, 15) is 4.79 Å². The van der Waals surface area contributed by atoms with E-state index in [1.165, 1.54) is 0 Å². The predicted molar refractivity (Wildman–Crippen MR) is 69.4 cm³/mol. The highest BCUT2D eigenvalue weighted by atomic mass is 16.5. The number of hydrogen-bond donors (Lipinski definition) is 1.